The average molecular weight is 372 g/mol. The molecule has 7 heteroatoms. The van der Waals surface area contributed by atoms with Gasteiger partial charge in [0.25, 0.3) is 11.7 Å². The van der Waals surface area contributed by atoms with Gasteiger partial charge in [-0.2, -0.15) is 0 Å². The summed E-state index contributed by atoms with van der Waals surface area (Å²) < 4.78 is 10.8. The second kappa shape index (κ2) is 5.38. The molecule has 0 spiro atoms. The Hall–Kier alpha value is -1.34. The van der Waals surface area contributed by atoms with Crippen molar-refractivity contribution in [2.45, 2.75) is 38.5 Å². The van der Waals surface area contributed by atoms with Crippen molar-refractivity contribution < 1.29 is 24.2 Å². The van der Waals surface area contributed by atoms with Gasteiger partial charge in [0.15, 0.2) is 5.78 Å². The summed E-state index contributed by atoms with van der Waals surface area (Å²) in [5.74, 6) is -3.48. The lowest BCUT2D eigenvalue weighted by Crippen LogP contribution is -2.45. The van der Waals surface area contributed by atoms with Gasteiger partial charge < -0.3 is 14.6 Å². The summed E-state index contributed by atoms with van der Waals surface area (Å²) in [4.78, 5) is 26.9. The molecule has 6 nitrogen and oxygen atoms in total. The maximum Gasteiger partial charge on any atom is 0.345 e. The lowest BCUT2D eigenvalue weighted by atomic mass is 9.91. The van der Waals surface area contributed by atoms with Gasteiger partial charge in [0.2, 0.25) is 0 Å². The Labute approximate surface area is 136 Å². The lowest BCUT2D eigenvalue weighted by Gasteiger charge is -2.34. The summed E-state index contributed by atoms with van der Waals surface area (Å²) in [6, 6.07) is -0.265. The number of allylic oxidation sites excluding steroid dienone is 1. The van der Waals surface area contributed by atoms with Crippen LogP contribution in [-0.2, 0) is 19.1 Å². The number of hydrogen-bond acceptors (Lipinski definition) is 6. The van der Waals surface area contributed by atoms with Crippen molar-refractivity contribution in [1.29, 1.82) is 0 Å². The van der Waals surface area contributed by atoms with Crippen LogP contribution in [0.3, 0.4) is 0 Å². The summed E-state index contributed by atoms with van der Waals surface area (Å²) in [6.07, 6.45) is 3.91. The van der Waals surface area contributed by atoms with E-state index in [0.717, 1.165) is 25.9 Å². The van der Waals surface area contributed by atoms with Crippen LogP contribution >= 0.6 is 15.9 Å². The zero-order valence-electron chi connectivity index (χ0n) is 12.5. The number of aliphatic hydroxyl groups is 1. The van der Waals surface area contributed by atoms with E-state index in [1.54, 1.807) is 6.08 Å². The minimum atomic E-state index is -1.24. The standard InChI is InChI=1S/C15H18BrNO5/c1-15(2)21-13(19)11(14(20)22-15)10-9(7-8(16)12(10)18)17-5-3-4-6-17/h7,9-10,19H,3-6H2,1-2H3/t9-,10-/m1/s1. The first-order valence-electron chi connectivity index (χ1n) is 7.31. The van der Waals surface area contributed by atoms with Gasteiger partial charge in [-0.15, -0.1) is 0 Å². The summed E-state index contributed by atoms with van der Waals surface area (Å²) in [6.45, 7) is 4.78. The number of cyclic esters (lactones) is 1. The van der Waals surface area contributed by atoms with Crippen LogP contribution in [0, 0.1) is 5.92 Å². The molecular formula is C15H18BrNO5. The van der Waals surface area contributed by atoms with Crippen molar-refractivity contribution in [3.05, 3.63) is 22.1 Å². The fraction of sp³-hybridized carbons (Fsp3) is 0.600. The fourth-order valence-corrected chi connectivity index (χ4v) is 3.74. The Morgan fingerprint density at radius 2 is 1.91 bits per heavy atom. The molecule has 1 N–H and O–H groups in total. The van der Waals surface area contributed by atoms with Crippen molar-refractivity contribution in [3.8, 4) is 0 Å². The van der Waals surface area contributed by atoms with Gasteiger partial charge in [0.05, 0.1) is 10.4 Å². The molecule has 0 aromatic heterocycles. The molecule has 0 unspecified atom stereocenters. The highest BCUT2D eigenvalue weighted by molar-refractivity contribution is 9.12. The van der Waals surface area contributed by atoms with Crippen molar-refractivity contribution in [1.82, 2.24) is 4.90 Å². The van der Waals surface area contributed by atoms with E-state index in [-0.39, 0.29) is 17.4 Å². The summed E-state index contributed by atoms with van der Waals surface area (Å²) in [5, 5.41) is 10.1. The summed E-state index contributed by atoms with van der Waals surface area (Å²) in [7, 11) is 0. The predicted molar refractivity (Wildman–Crippen MR) is 81.0 cm³/mol. The first-order valence-corrected chi connectivity index (χ1v) is 8.10. The van der Waals surface area contributed by atoms with E-state index in [1.165, 1.54) is 13.8 Å². The number of rotatable bonds is 2. The maximum atomic E-state index is 12.5. The third kappa shape index (κ3) is 2.56. The number of hydrogen-bond donors (Lipinski definition) is 1. The van der Waals surface area contributed by atoms with Crippen LogP contribution in [0.4, 0.5) is 0 Å². The molecule has 120 valence electrons. The Morgan fingerprint density at radius 1 is 1.27 bits per heavy atom. The number of aliphatic hydroxyl groups excluding tert-OH is 1. The molecule has 2 atom stereocenters. The Morgan fingerprint density at radius 3 is 2.50 bits per heavy atom. The van der Waals surface area contributed by atoms with Gasteiger partial charge in [0.1, 0.15) is 5.57 Å². The van der Waals surface area contributed by atoms with Crippen LogP contribution in [0.15, 0.2) is 22.1 Å². The highest BCUT2D eigenvalue weighted by Crippen LogP contribution is 2.39. The lowest BCUT2D eigenvalue weighted by molar-refractivity contribution is -0.223. The minimum absolute atomic E-state index is 0.0908. The molecule has 0 saturated carbocycles. The molecule has 2 aliphatic heterocycles. The molecule has 0 aromatic carbocycles. The summed E-state index contributed by atoms with van der Waals surface area (Å²) in [5.41, 5.74) is -0.0908. The van der Waals surface area contributed by atoms with Crippen molar-refractivity contribution in [2.75, 3.05) is 13.1 Å². The average Bonchev–Trinajstić information content (AvgIpc) is 3.00. The SMILES string of the molecule is CC1(C)OC(=O)C([C@@H]2C(=O)C(Br)=C[C@H]2N2CCCC2)=C(O)O1. The first-order chi connectivity index (χ1) is 10.3. The van der Waals surface area contributed by atoms with Gasteiger partial charge in [-0.25, -0.2) is 4.79 Å². The number of likely N-dealkylation sites (tertiary alicyclic amines) is 1. The number of ether oxygens (including phenoxy) is 2. The number of carbonyl (C=O) groups is 2. The monoisotopic (exact) mass is 371 g/mol. The number of nitrogens with zero attached hydrogens (tertiary/aromatic N) is 1. The molecule has 1 fully saturated rings. The molecule has 2 heterocycles. The number of halogens is 1. The molecule has 0 amide bonds. The predicted octanol–water partition coefficient (Wildman–Crippen LogP) is 2.01. The maximum absolute atomic E-state index is 12.5. The minimum Gasteiger partial charge on any atom is -0.480 e. The van der Waals surface area contributed by atoms with Crippen molar-refractivity contribution in [2.24, 2.45) is 5.92 Å². The molecule has 0 bridgehead atoms. The Bertz CT molecular complexity index is 589. The smallest absolute Gasteiger partial charge is 0.345 e. The van der Waals surface area contributed by atoms with E-state index in [4.69, 9.17) is 9.47 Å². The van der Waals surface area contributed by atoms with Gasteiger partial charge in [0, 0.05) is 19.9 Å². The van der Waals surface area contributed by atoms with Crippen LogP contribution < -0.4 is 0 Å². The molecule has 3 aliphatic rings. The largest absolute Gasteiger partial charge is 0.480 e. The molecular weight excluding hydrogens is 354 g/mol. The van der Waals surface area contributed by atoms with Gasteiger partial charge in [-0.3, -0.25) is 9.69 Å². The van der Waals surface area contributed by atoms with Crippen LogP contribution in [0.25, 0.3) is 0 Å². The van der Waals surface area contributed by atoms with Gasteiger partial charge in [-0.1, -0.05) is 0 Å². The topological polar surface area (TPSA) is 76.1 Å². The molecule has 0 aromatic rings. The van der Waals surface area contributed by atoms with Gasteiger partial charge >= 0.3 is 5.97 Å². The van der Waals surface area contributed by atoms with E-state index in [0.29, 0.717) is 4.48 Å². The number of carbonyl (C=O) groups excluding carboxylic acids is 2. The van der Waals surface area contributed by atoms with E-state index >= 15 is 0 Å². The highest BCUT2D eigenvalue weighted by Gasteiger charge is 2.49. The summed E-state index contributed by atoms with van der Waals surface area (Å²) >= 11 is 3.25. The molecule has 0 radical (unpaired) electrons. The number of ketones is 1. The van der Waals surface area contributed by atoms with E-state index in [1.807, 2.05) is 0 Å². The van der Waals surface area contributed by atoms with Gasteiger partial charge in [-0.05, 0) is 47.9 Å². The second-order valence-corrected chi connectivity index (χ2v) is 7.05. The molecule has 1 saturated heterocycles. The van der Waals surface area contributed by atoms with Crippen LogP contribution in [-0.4, -0.2) is 46.7 Å². The zero-order chi connectivity index (χ0) is 16.1. The van der Waals surface area contributed by atoms with Crippen LogP contribution in [0.5, 0.6) is 0 Å². The Balaban J connectivity index is 1.98. The number of esters is 1. The van der Waals surface area contributed by atoms with E-state index in [9.17, 15) is 14.7 Å². The first kappa shape index (κ1) is 15.6. The zero-order valence-corrected chi connectivity index (χ0v) is 14.1. The van der Waals surface area contributed by atoms with Crippen molar-refractivity contribution >= 4 is 27.7 Å². The normalized spacial score (nSPS) is 32.0. The van der Waals surface area contributed by atoms with E-state index in [2.05, 4.69) is 20.8 Å². The van der Waals surface area contributed by atoms with Crippen molar-refractivity contribution in [3.63, 3.8) is 0 Å². The molecule has 22 heavy (non-hydrogen) atoms. The fourth-order valence-electron chi connectivity index (χ4n) is 3.22. The second-order valence-electron chi connectivity index (χ2n) is 6.20. The van der Waals surface area contributed by atoms with E-state index < -0.39 is 23.6 Å². The molecule has 3 rings (SSSR count). The number of Topliss-reactive ketones (excluding diaryl/α,β-unsaturated/α-hetero) is 1. The van der Waals surface area contributed by atoms with Crippen LogP contribution in [0.1, 0.15) is 26.7 Å². The molecule has 1 aliphatic carbocycles. The third-order valence-electron chi connectivity index (χ3n) is 4.18. The highest BCUT2D eigenvalue weighted by atomic mass is 79.9. The third-order valence-corrected chi connectivity index (χ3v) is 4.84. The Kier molecular flexibility index (Phi) is 3.81. The van der Waals surface area contributed by atoms with Crippen LogP contribution in [0.2, 0.25) is 0 Å². The quantitative estimate of drug-likeness (QED) is 0.748.